The molecule has 1 aromatic carbocycles. The first kappa shape index (κ1) is 11.3. The van der Waals surface area contributed by atoms with E-state index in [4.69, 9.17) is 9.63 Å². The molecule has 17 heavy (non-hydrogen) atoms. The molecular weight excluding hydrogens is 220 g/mol. The van der Waals surface area contributed by atoms with Gasteiger partial charge in [0.2, 0.25) is 0 Å². The van der Waals surface area contributed by atoms with E-state index < -0.39 is 0 Å². The molecule has 0 aliphatic heterocycles. The first-order valence-corrected chi connectivity index (χ1v) is 5.22. The Bertz CT molecular complexity index is 493. The van der Waals surface area contributed by atoms with Crippen molar-refractivity contribution in [3.8, 4) is 11.3 Å². The number of rotatable bonds is 4. The van der Waals surface area contributed by atoms with Crippen LogP contribution in [0.5, 0.6) is 0 Å². The van der Waals surface area contributed by atoms with E-state index in [2.05, 4.69) is 10.5 Å². The van der Waals surface area contributed by atoms with Gasteiger partial charge in [0.05, 0.1) is 6.61 Å². The Balaban J connectivity index is 2.14. The molecule has 0 saturated carbocycles. The molecule has 0 unspecified atom stereocenters. The Morgan fingerprint density at radius 3 is 2.82 bits per heavy atom. The highest BCUT2D eigenvalue weighted by Crippen LogP contribution is 2.19. The number of carbonyl (C=O) groups excluding carboxylic acids is 1. The number of amides is 1. The fraction of sp³-hybridized carbons (Fsp3) is 0.167. The van der Waals surface area contributed by atoms with Gasteiger partial charge in [-0.3, -0.25) is 4.79 Å². The third-order valence-corrected chi connectivity index (χ3v) is 2.20. The average molecular weight is 232 g/mol. The normalized spacial score (nSPS) is 10.2. The molecule has 0 spiro atoms. The lowest BCUT2D eigenvalue weighted by atomic mass is 10.1. The number of aliphatic hydroxyl groups is 1. The highest BCUT2D eigenvalue weighted by molar-refractivity contribution is 5.93. The molecule has 2 N–H and O–H groups in total. The molecule has 2 aromatic rings. The van der Waals surface area contributed by atoms with Crippen LogP contribution in [-0.2, 0) is 0 Å². The first-order valence-electron chi connectivity index (χ1n) is 5.22. The smallest absolute Gasteiger partial charge is 0.273 e. The van der Waals surface area contributed by atoms with Crippen LogP contribution in [0.1, 0.15) is 10.5 Å². The molecule has 0 radical (unpaired) electrons. The summed E-state index contributed by atoms with van der Waals surface area (Å²) in [6.45, 7) is 0.0987. The molecule has 0 atom stereocenters. The minimum atomic E-state index is -0.356. The maximum absolute atomic E-state index is 11.5. The Morgan fingerprint density at radius 2 is 2.12 bits per heavy atom. The Labute approximate surface area is 98.1 Å². The second kappa shape index (κ2) is 5.27. The summed E-state index contributed by atoms with van der Waals surface area (Å²) in [5.41, 5.74) is 1.07. The second-order valence-corrected chi connectivity index (χ2v) is 3.42. The predicted molar refractivity (Wildman–Crippen MR) is 61.4 cm³/mol. The molecule has 0 aliphatic carbocycles. The number of carbonyl (C=O) groups is 1. The lowest BCUT2D eigenvalue weighted by molar-refractivity contribution is 0.0936. The SMILES string of the molecule is O=C(NCCO)c1cc(-c2ccccc2)on1. The van der Waals surface area contributed by atoms with Crippen molar-refractivity contribution in [1.29, 1.82) is 0 Å². The van der Waals surface area contributed by atoms with Gasteiger partial charge < -0.3 is 14.9 Å². The molecule has 0 saturated heterocycles. The van der Waals surface area contributed by atoms with Gasteiger partial charge in [-0.25, -0.2) is 0 Å². The van der Waals surface area contributed by atoms with Crippen molar-refractivity contribution in [2.75, 3.05) is 13.2 Å². The van der Waals surface area contributed by atoms with E-state index >= 15 is 0 Å². The van der Waals surface area contributed by atoms with Gasteiger partial charge in [-0.15, -0.1) is 0 Å². The van der Waals surface area contributed by atoms with E-state index in [0.29, 0.717) is 5.76 Å². The Morgan fingerprint density at radius 1 is 1.35 bits per heavy atom. The van der Waals surface area contributed by atoms with Crippen LogP contribution in [0.3, 0.4) is 0 Å². The molecular formula is C12H12N2O3. The molecule has 2 rings (SSSR count). The fourth-order valence-corrected chi connectivity index (χ4v) is 1.38. The van der Waals surface area contributed by atoms with Crippen LogP contribution >= 0.6 is 0 Å². The number of benzene rings is 1. The fourth-order valence-electron chi connectivity index (χ4n) is 1.38. The van der Waals surface area contributed by atoms with E-state index in [1.807, 2.05) is 30.3 Å². The van der Waals surface area contributed by atoms with E-state index in [0.717, 1.165) is 5.56 Å². The van der Waals surface area contributed by atoms with Crippen molar-refractivity contribution in [2.24, 2.45) is 0 Å². The number of hydrogen-bond donors (Lipinski definition) is 2. The molecule has 0 aliphatic rings. The van der Waals surface area contributed by atoms with E-state index in [1.165, 1.54) is 0 Å². The third kappa shape index (κ3) is 2.70. The summed E-state index contributed by atoms with van der Waals surface area (Å²) in [6.07, 6.45) is 0. The van der Waals surface area contributed by atoms with Gasteiger partial charge >= 0.3 is 0 Å². The zero-order chi connectivity index (χ0) is 12.1. The van der Waals surface area contributed by atoms with Crippen molar-refractivity contribution in [1.82, 2.24) is 10.5 Å². The van der Waals surface area contributed by atoms with Crippen molar-refractivity contribution < 1.29 is 14.4 Å². The van der Waals surface area contributed by atoms with Gasteiger partial charge in [0.15, 0.2) is 11.5 Å². The molecule has 5 heteroatoms. The summed E-state index contributed by atoms with van der Waals surface area (Å²) < 4.78 is 5.08. The van der Waals surface area contributed by atoms with E-state index in [9.17, 15) is 4.79 Å². The van der Waals surface area contributed by atoms with Crippen LogP contribution in [-0.4, -0.2) is 29.3 Å². The van der Waals surface area contributed by atoms with Crippen molar-refractivity contribution in [3.05, 3.63) is 42.1 Å². The van der Waals surface area contributed by atoms with Crippen LogP contribution < -0.4 is 5.32 Å². The summed E-state index contributed by atoms with van der Waals surface area (Å²) in [4.78, 5) is 11.5. The van der Waals surface area contributed by atoms with Crippen molar-refractivity contribution >= 4 is 5.91 Å². The van der Waals surface area contributed by atoms with Crippen LogP contribution in [0.15, 0.2) is 40.9 Å². The predicted octanol–water partition coefficient (Wildman–Crippen LogP) is 1.06. The number of aliphatic hydroxyl groups excluding tert-OH is 1. The van der Waals surface area contributed by atoms with Gasteiger partial charge in [0, 0.05) is 18.2 Å². The van der Waals surface area contributed by atoms with E-state index in [1.54, 1.807) is 6.07 Å². The summed E-state index contributed by atoms with van der Waals surface area (Å²) in [6, 6.07) is 11.0. The van der Waals surface area contributed by atoms with Crippen LogP contribution in [0, 0.1) is 0 Å². The van der Waals surface area contributed by atoms with Gasteiger partial charge in [0.1, 0.15) is 0 Å². The number of aromatic nitrogens is 1. The Kier molecular flexibility index (Phi) is 3.52. The molecule has 1 heterocycles. The lowest BCUT2D eigenvalue weighted by Crippen LogP contribution is -2.26. The van der Waals surface area contributed by atoms with Gasteiger partial charge in [-0.05, 0) is 0 Å². The molecule has 88 valence electrons. The monoisotopic (exact) mass is 232 g/mol. The highest BCUT2D eigenvalue weighted by atomic mass is 16.5. The largest absolute Gasteiger partial charge is 0.395 e. The van der Waals surface area contributed by atoms with Gasteiger partial charge in [-0.2, -0.15) is 0 Å². The van der Waals surface area contributed by atoms with Crippen molar-refractivity contribution in [2.45, 2.75) is 0 Å². The lowest BCUT2D eigenvalue weighted by Gasteiger charge is -1.97. The maximum Gasteiger partial charge on any atom is 0.273 e. The van der Waals surface area contributed by atoms with Gasteiger partial charge in [-0.1, -0.05) is 35.5 Å². The zero-order valence-electron chi connectivity index (χ0n) is 9.09. The minimum absolute atomic E-state index is 0.102. The number of nitrogens with one attached hydrogen (secondary N) is 1. The van der Waals surface area contributed by atoms with Crippen LogP contribution in [0.4, 0.5) is 0 Å². The maximum atomic E-state index is 11.5. The minimum Gasteiger partial charge on any atom is -0.395 e. The zero-order valence-corrected chi connectivity index (χ0v) is 9.09. The molecule has 5 nitrogen and oxygen atoms in total. The topological polar surface area (TPSA) is 75.4 Å². The third-order valence-electron chi connectivity index (χ3n) is 2.20. The van der Waals surface area contributed by atoms with Crippen molar-refractivity contribution in [3.63, 3.8) is 0 Å². The Hall–Kier alpha value is -2.14. The van der Waals surface area contributed by atoms with Crippen LogP contribution in [0.25, 0.3) is 11.3 Å². The molecule has 1 amide bonds. The van der Waals surface area contributed by atoms with Crippen LogP contribution in [0.2, 0.25) is 0 Å². The standard InChI is InChI=1S/C12H12N2O3/c15-7-6-13-12(16)10-8-11(17-14-10)9-4-2-1-3-5-9/h1-5,8,15H,6-7H2,(H,13,16). The average Bonchev–Trinajstić information content (AvgIpc) is 2.86. The number of nitrogens with zero attached hydrogens (tertiary/aromatic N) is 1. The first-order chi connectivity index (χ1) is 8.31. The summed E-state index contributed by atoms with van der Waals surface area (Å²) in [5, 5.41) is 14.8. The van der Waals surface area contributed by atoms with Gasteiger partial charge in [0.25, 0.3) is 5.91 Å². The molecule has 0 fully saturated rings. The summed E-state index contributed by atoms with van der Waals surface area (Å²) in [7, 11) is 0. The second-order valence-electron chi connectivity index (χ2n) is 3.42. The molecule has 1 aromatic heterocycles. The quantitative estimate of drug-likeness (QED) is 0.826. The highest BCUT2D eigenvalue weighted by Gasteiger charge is 2.12. The summed E-state index contributed by atoms with van der Waals surface area (Å²) >= 11 is 0. The number of hydrogen-bond acceptors (Lipinski definition) is 4. The van der Waals surface area contributed by atoms with E-state index in [-0.39, 0.29) is 24.8 Å². The molecule has 0 bridgehead atoms. The summed E-state index contributed by atoms with van der Waals surface area (Å²) in [5.74, 6) is 0.185.